The molecule has 0 bridgehead atoms. The number of hydrogen-bond donors (Lipinski definition) is 0. The Morgan fingerprint density at radius 3 is 2.84 bits per heavy atom. The van der Waals surface area contributed by atoms with Crippen molar-refractivity contribution in [2.45, 2.75) is 18.3 Å². The summed E-state index contributed by atoms with van der Waals surface area (Å²) in [6.07, 6.45) is 2.14. The SMILES string of the molecule is COC(=O)CN1CC2(CC2)c2cc(Br)ccc2C1=O. The lowest BCUT2D eigenvalue weighted by atomic mass is 9.86. The first-order chi connectivity index (χ1) is 9.05. The molecule has 1 fully saturated rings. The first-order valence-electron chi connectivity index (χ1n) is 6.22. The third-order valence-electron chi connectivity index (χ3n) is 3.97. The van der Waals surface area contributed by atoms with Crippen molar-refractivity contribution in [2.75, 3.05) is 20.2 Å². The number of benzene rings is 1. The second-order valence-electron chi connectivity index (χ2n) is 5.21. The maximum atomic E-state index is 12.4. The lowest BCUT2D eigenvalue weighted by molar-refractivity contribution is -0.141. The van der Waals surface area contributed by atoms with Gasteiger partial charge in [0.05, 0.1) is 7.11 Å². The predicted octanol–water partition coefficient (Wildman–Crippen LogP) is 2.11. The van der Waals surface area contributed by atoms with Crippen LogP contribution in [0.5, 0.6) is 0 Å². The van der Waals surface area contributed by atoms with E-state index in [1.54, 1.807) is 4.90 Å². The van der Waals surface area contributed by atoms with Crippen LogP contribution in [0.3, 0.4) is 0 Å². The quantitative estimate of drug-likeness (QED) is 0.783. The number of ether oxygens (including phenoxy) is 1. The number of amides is 1. The molecule has 0 saturated heterocycles. The van der Waals surface area contributed by atoms with E-state index >= 15 is 0 Å². The lowest BCUT2D eigenvalue weighted by Crippen LogP contribution is -2.45. The second kappa shape index (κ2) is 4.34. The van der Waals surface area contributed by atoms with E-state index in [-0.39, 0.29) is 23.8 Å². The number of carbonyl (C=O) groups excluding carboxylic acids is 2. The van der Waals surface area contributed by atoms with Gasteiger partial charge in [-0.15, -0.1) is 0 Å². The molecule has 0 N–H and O–H groups in total. The molecule has 1 aliphatic heterocycles. The maximum absolute atomic E-state index is 12.4. The molecule has 0 unspecified atom stereocenters. The van der Waals surface area contributed by atoms with Crippen LogP contribution < -0.4 is 0 Å². The predicted molar refractivity (Wildman–Crippen MR) is 73.0 cm³/mol. The third kappa shape index (κ3) is 2.06. The molecule has 0 atom stereocenters. The van der Waals surface area contributed by atoms with Gasteiger partial charge in [0, 0.05) is 22.0 Å². The van der Waals surface area contributed by atoms with Crippen molar-refractivity contribution in [3.8, 4) is 0 Å². The standard InChI is InChI=1S/C14H14BrNO3/c1-19-12(17)7-16-8-14(4-5-14)11-6-9(15)2-3-10(11)13(16)18/h2-3,6H,4-5,7-8H2,1H3. The molecule has 1 aromatic rings. The highest BCUT2D eigenvalue weighted by molar-refractivity contribution is 9.10. The van der Waals surface area contributed by atoms with E-state index in [9.17, 15) is 9.59 Å². The zero-order chi connectivity index (χ0) is 13.6. The zero-order valence-electron chi connectivity index (χ0n) is 10.6. The highest BCUT2D eigenvalue weighted by Gasteiger charge is 2.51. The van der Waals surface area contributed by atoms with Crippen LogP contribution in [0.1, 0.15) is 28.8 Å². The van der Waals surface area contributed by atoms with E-state index < -0.39 is 0 Å². The van der Waals surface area contributed by atoms with E-state index in [2.05, 4.69) is 20.7 Å². The molecule has 1 aromatic carbocycles. The van der Waals surface area contributed by atoms with Crippen LogP contribution in [0.2, 0.25) is 0 Å². The molecule has 1 aliphatic carbocycles. The van der Waals surface area contributed by atoms with Crippen molar-refractivity contribution in [1.82, 2.24) is 4.90 Å². The Labute approximate surface area is 119 Å². The van der Waals surface area contributed by atoms with Crippen LogP contribution in [-0.4, -0.2) is 37.0 Å². The molecule has 5 heteroatoms. The van der Waals surface area contributed by atoms with Crippen molar-refractivity contribution in [3.63, 3.8) is 0 Å². The molecule has 4 nitrogen and oxygen atoms in total. The van der Waals surface area contributed by atoms with E-state index in [0.717, 1.165) is 28.4 Å². The first-order valence-corrected chi connectivity index (χ1v) is 7.01. The van der Waals surface area contributed by atoms with Gasteiger partial charge in [0.25, 0.3) is 5.91 Å². The number of carbonyl (C=O) groups is 2. The number of nitrogens with zero attached hydrogens (tertiary/aromatic N) is 1. The Kier molecular flexibility index (Phi) is 2.89. The molecule has 1 amide bonds. The minimum atomic E-state index is -0.371. The molecule has 1 saturated carbocycles. The molecule has 100 valence electrons. The molecular weight excluding hydrogens is 310 g/mol. The van der Waals surface area contributed by atoms with E-state index in [1.807, 2.05) is 18.2 Å². The van der Waals surface area contributed by atoms with Crippen LogP contribution >= 0.6 is 15.9 Å². The molecule has 2 aliphatic rings. The van der Waals surface area contributed by atoms with E-state index in [1.165, 1.54) is 7.11 Å². The van der Waals surface area contributed by atoms with E-state index in [4.69, 9.17) is 0 Å². The zero-order valence-corrected chi connectivity index (χ0v) is 12.2. The summed E-state index contributed by atoms with van der Waals surface area (Å²) in [4.78, 5) is 25.4. The molecule has 0 radical (unpaired) electrons. The van der Waals surface area contributed by atoms with Gasteiger partial charge in [-0.25, -0.2) is 0 Å². The Balaban J connectivity index is 1.97. The number of halogens is 1. The average molecular weight is 324 g/mol. The molecule has 3 rings (SSSR count). The Morgan fingerprint density at radius 1 is 1.47 bits per heavy atom. The number of fused-ring (bicyclic) bond motifs is 2. The Hall–Kier alpha value is -1.36. The van der Waals surface area contributed by atoms with Crippen LogP contribution in [-0.2, 0) is 14.9 Å². The van der Waals surface area contributed by atoms with Gasteiger partial charge in [0.2, 0.25) is 0 Å². The van der Waals surface area contributed by atoms with Crippen LogP contribution in [0.25, 0.3) is 0 Å². The summed E-state index contributed by atoms with van der Waals surface area (Å²) in [5, 5.41) is 0. The Bertz CT molecular complexity index is 566. The van der Waals surface area contributed by atoms with Crippen molar-refractivity contribution >= 4 is 27.8 Å². The summed E-state index contributed by atoms with van der Waals surface area (Å²) in [5.41, 5.74) is 1.89. The van der Waals surface area contributed by atoms with Crippen LogP contribution in [0, 0.1) is 0 Å². The summed E-state index contributed by atoms with van der Waals surface area (Å²) in [5.74, 6) is -0.449. The average Bonchev–Trinajstić information content (AvgIpc) is 3.16. The van der Waals surface area contributed by atoms with Crippen LogP contribution in [0.15, 0.2) is 22.7 Å². The lowest BCUT2D eigenvalue weighted by Gasteiger charge is -2.34. The smallest absolute Gasteiger partial charge is 0.325 e. The van der Waals surface area contributed by atoms with Crippen molar-refractivity contribution in [1.29, 1.82) is 0 Å². The normalized spacial score (nSPS) is 19.3. The summed E-state index contributed by atoms with van der Waals surface area (Å²) in [7, 11) is 1.34. The number of hydrogen-bond acceptors (Lipinski definition) is 3. The molecule has 19 heavy (non-hydrogen) atoms. The number of rotatable bonds is 2. The Morgan fingerprint density at radius 2 is 2.21 bits per heavy atom. The van der Waals surface area contributed by atoms with Crippen LogP contribution in [0.4, 0.5) is 0 Å². The fourth-order valence-electron chi connectivity index (χ4n) is 2.76. The summed E-state index contributed by atoms with van der Waals surface area (Å²) >= 11 is 3.46. The second-order valence-corrected chi connectivity index (χ2v) is 6.12. The highest BCUT2D eigenvalue weighted by atomic mass is 79.9. The van der Waals surface area contributed by atoms with Crippen molar-refractivity contribution in [3.05, 3.63) is 33.8 Å². The van der Waals surface area contributed by atoms with Gasteiger partial charge in [0.15, 0.2) is 0 Å². The molecular formula is C14H14BrNO3. The van der Waals surface area contributed by atoms with Gasteiger partial charge in [0.1, 0.15) is 6.54 Å². The largest absolute Gasteiger partial charge is 0.468 e. The van der Waals surface area contributed by atoms with Gasteiger partial charge >= 0.3 is 5.97 Å². The van der Waals surface area contributed by atoms with Gasteiger partial charge in [-0.05, 0) is 36.6 Å². The van der Waals surface area contributed by atoms with Gasteiger partial charge in [-0.1, -0.05) is 15.9 Å². The summed E-state index contributed by atoms with van der Waals surface area (Å²) in [6, 6.07) is 5.75. The minimum absolute atomic E-state index is 0.0343. The topological polar surface area (TPSA) is 46.6 Å². The molecule has 0 aromatic heterocycles. The molecule has 1 heterocycles. The summed E-state index contributed by atoms with van der Waals surface area (Å²) < 4.78 is 5.65. The minimum Gasteiger partial charge on any atom is -0.468 e. The fraction of sp³-hybridized carbons (Fsp3) is 0.429. The molecule has 1 spiro atoms. The number of methoxy groups -OCH3 is 1. The van der Waals surface area contributed by atoms with Gasteiger partial charge in [-0.3, -0.25) is 9.59 Å². The van der Waals surface area contributed by atoms with Crippen molar-refractivity contribution in [2.24, 2.45) is 0 Å². The van der Waals surface area contributed by atoms with Gasteiger partial charge < -0.3 is 9.64 Å². The monoisotopic (exact) mass is 323 g/mol. The van der Waals surface area contributed by atoms with E-state index in [0.29, 0.717) is 6.54 Å². The fourth-order valence-corrected chi connectivity index (χ4v) is 3.12. The highest BCUT2D eigenvalue weighted by Crippen LogP contribution is 2.52. The van der Waals surface area contributed by atoms with Gasteiger partial charge in [-0.2, -0.15) is 0 Å². The number of esters is 1. The summed E-state index contributed by atoms with van der Waals surface area (Å²) in [6.45, 7) is 0.650. The third-order valence-corrected chi connectivity index (χ3v) is 4.46. The van der Waals surface area contributed by atoms with Crippen molar-refractivity contribution < 1.29 is 14.3 Å². The first kappa shape index (κ1) is 12.7. The maximum Gasteiger partial charge on any atom is 0.325 e.